The van der Waals surface area contributed by atoms with Crippen molar-refractivity contribution in [1.29, 1.82) is 0 Å². The Morgan fingerprint density at radius 3 is 2.35 bits per heavy atom. The molecule has 3 rings (SSSR count). The number of hydrogen-bond acceptors (Lipinski definition) is 4. The molecule has 2 aromatic carbocycles. The third-order valence-corrected chi connectivity index (χ3v) is 7.77. The van der Waals surface area contributed by atoms with Crippen molar-refractivity contribution in [2.75, 3.05) is 17.1 Å². The van der Waals surface area contributed by atoms with Gasteiger partial charge >= 0.3 is 0 Å². The van der Waals surface area contributed by atoms with Gasteiger partial charge in [0.25, 0.3) is 0 Å². The zero-order valence-electron chi connectivity index (χ0n) is 19.8. The zero-order valence-corrected chi connectivity index (χ0v) is 22.2. The van der Waals surface area contributed by atoms with Crippen LogP contribution in [0.25, 0.3) is 0 Å². The minimum absolute atomic E-state index is 0.126. The lowest BCUT2D eigenvalue weighted by molar-refractivity contribution is -0.139. The summed E-state index contributed by atoms with van der Waals surface area (Å²) in [6.45, 7) is 3.47. The summed E-state index contributed by atoms with van der Waals surface area (Å²) in [5, 5.41) is 3.06. The Hall–Kier alpha value is -2.39. The number of carbonyl (C=O) groups is 2. The summed E-state index contributed by atoms with van der Waals surface area (Å²) >= 11 is 3.35. The number of benzene rings is 2. The summed E-state index contributed by atoms with van der Waals surface area (Å²) in [7, 11) is -3.73. The standard InChI is InChI=1S/C25H32BrN3O4S/c1-18-7-6-8-20(15-18)16-28(19(2)25(31)27-22-9-4-5-10-22)24(30)17-29(34(3,32)33)23-13-11-21(26)12-14-23/h6-8,11-15,19,22H,4-5,9-10,16-17H2,1-3H3,(H,27,31). The lowest BCUT2D eigenvalue weighted by Crippen LogP contribution is -2.52. The van der Waals surface area contributed by atoms with Crippen LogP contribution >= 0.6 is 15.9 Å². The quantitative estimate of drug-likeness (QED) is 0.512. The molecule has 0 saturated heterocycles. The zero-order chi connectivity index (χ0) is 24.9. The van der Waals surface area contributed by atoms with Crippen LogP contribution in [0.5, 0.6) is 0 Å². The van der Waals surface area contributed by atoms with Crippen molar-refractivity contribution in [2.45, 2.75) is 58.2 Å². The molecule has 184 valence electrons. The minimum atomic E-state index is -3.73. The van der Waals surface area contributed by atoms with Crippen molar-refractivity contribution in [2.24, 2.45) is 0 Å². The second kappa shape index (κ2) is 11.4. The van der Waals surface area contributed by atoms with Crippen molar-refractivity contribution in [1.82, 2.24) is 10.2 Å². The lowest BCUT2D eigenvalue weighted by Gasteiger charge is -2.32. The first-order valence-electron chi connectivity index (χ1n) is 11.4. The molecular weight excluding hydrogens is 518 g/mol. The van der Waals surface area contributed by atoms with Crippen LogP contribution in [-0.2, 0) is 26.2 Å². The topological polar surface area (TPSA) is 86.8 Å². The molecule has 34 heavy (non-hydrogen) atoms. The summed E-state index contributed by atoms with van der Waals surface area (Å²) in [5.74, 6) is -0.661. The van der Waals surface area contributed by atoms with E-state index >= 15 is 0 Å². The molecule has 9 heteroatoms. The normalized spacial score (nSPS) is 15.1. The van der Waals surface area contributed by atoms with Gasteiger partial charge in [0.2, 0.25) is 21.8 Å². The van der Waals surface area contributed by atoms with E-state index < -0.39 is 28.5 Å². The highest BCUT2D eigenvalue weighted by Gasteiger charge is 2.31. The van der Waals surface area contributed by atoms with Gasteiger partial charge in [-0.1, -0.05) is 58.6 Å². The van der Waals surface area contributed by atoms with Gasteiger partial charge in [-0.3, -0.25) is 13.9 Å². The van der Waals surface area contributed by atoms with Crippen molar-refractivity contribution < 1.29 is 18.0 Å². The average molecular weight is 551 g/mol. The number of halogens is 1. The summed E-state index contributed by atoms with van der Waals surface area (Å²) in [6, 6.07) is 13.8. The van der Waals surface area contributed by atoms with Gasteiger partial charge in [0.1, 0.15) is 12.6 Å². The van der Waals surface area contributed by atoms with Gasteiger partial charge in [-0.2, -0.15) is 0 Å². The molecule has 1 unspecified atom stereocenters. The van der Waals surface area contributed by atoms with E-state index in [-0.39, 0.29) is 18.5 Å². The van der Waals surface area contributed by atoms with Crippen LogP contribution in [0, 0.1) is 6.92 Å². The lowest BCUT2D eigenvalue weighted by atomic mass is 10.1. The number of amides is 2. The Bertz CT molecular complexity index is 1120. The molecule has 0 aliphatic heterocycles. The maximum Gasteiger partial charge on any atom is 0.244 e. The average Bonchev–Trinajstić information content (AvgIpc) is 3.28. The molecule has 1 aliphatic carbocycles. The van der Waals surface area contributed by atoms with E-state index in [2.05, 4.69) is 21.2 Å². The molecule has 0 spiro atoms. The molecule has 1 atom stereocenters. The number of aryl methyl sites for hydroxylation is 1. The fourth-order valence-corrected chi connectivity index (χ4v) is 5.32. The van der Waals surface area contributed by atoms with E-state index in [9.17, 15) is 18.0 Å². The van der Waals surface area contributed by atoms with E-state index in [1.165, 1.54) is 4.90 Å². The number of nitrogens with zero attached hydrogens (tertiary/aromatic N) is 2. The molecule has 1 aliphatic rings. The summed E-state index contributed by atoms with van der Waals surface area (Å²) in [6.07, 6.45) is 5.12. The predicted octanol–water partition coefficient (Wildman–Crippen LogP) is 4.00. The van der Waals surface area contributed by atoms with Crippen LogP contribution in [0.2, 0.25) is 0 Å². The molecule has 0 bridgehead atoms. The van der Waals surface area contributed by atoms with E-state index in [1.54, 1.807) is 31.2 Å². The summed E-state index contributed by atoms with van der Waals surface area (Å²) < 4.78 is 27.0. The van der Waals surface area contributed by atoms with Gasteiger partial charge in [0, 0.05) is 17.1 Å². The van der Waals surface area contributed by atoms with Gasteiger partial charge in [-0.15, -0.1) is 0 Å². The molecule has 1 saturated carbocycles. The van der Waals surface area contributed by atoms with Crippen LogP contribution in [0.4, 0.5) is 5.69 Å². The van der Waals surface area contributed by atoms with Crippen molar-refractivity contribution >= 4 is 43.5 Å². The van der Waals surface area contributed by atoms with Crippen molar-refractivity contribution in [3.8, 4) is 0 Å². The maximum atomic E-state index is 13.5. The first-order chi connectivity index (χ1) is 16.0. The number of hydrogen-bond donors (Lipinski definition) is 1. The molecule has 0 aromatic heterocycles. The highest BCUT2D eigenvalue weighted by Crippen LogP contribution is 2.22. The van der Waals surface area contributed by atoms with Crippen LogP contribution < -0.4 is 9.62 Å². The number of carbonyl (C=O) groups excluding carboxylic acids is 2. The molecule has 2 amide bonds. The Morgan fingerprint density at radius 1 is 1.12 bits per heavy atom. The first-order valence-corrected chi connectivity index (χ1v) is 14.1. The maximum absolute atomic E-state index is 13.5. The number of rotatable bonds is 9. The first kappa shape index (κ1) is 26.2. The molecular formula is C25H32BrN3O4S. The third-order valence-electron chi connectivity index (χ3n) is 6.10. The summed E-state index contributed by atoms with van der Waals surface area (Å²) in [4.78, 5) is 28.1. The highest BCUT2D eigenvalue weighted by atomic mass is 79.9. The molecule has 0 radical (unpaired) electrons. The largest absolute Gasteiger partial charge is 0.352 e. The smallest absolute Gasteiger partial charge is 0.244 e. The Morgan fingerprint density at radius 2 is 1.76 bits per heavy atom. The Balaban J connectivity index is 1.87. The highest BCUT2D eigenvalue weighted by molar-refractivity contribution is 9.10. The van der Waals surface area contributed by atoms with Gasteiger partial charge < -0.3 is 10.2 Å². The molecule has 0 heterocycles. The van der Waals surface area contributed by atoms with Crippen molar-refractivity contribution in [3.05, 3.63) is 64.1 Å². The van der Waals surface area contributed by atoms with E-state index in [0.717, 1.165) is 51.8 Å². The third kappa shape index (κ3) is 7.06. The number of sulfonamides is 1. The van der Waals surface area contributed by atoms with Crippen LogP contribution in [0.3, 0.4) is 0 Å². The fourth-order valence-electron chi connectivity index (χ4n) is 4.20. The van der Waals surface area contributed by atoms with Gasteiger partial charge in [0.05, 0.1) is 11.9 Å². The molecule has 1 N–H and O–H groups in total. The second-order valence-electron chi connectivity index (χ2n) is 8.92. The second-order valence-corrected chi connectivity index (χ2v) is 11.7. The number of nitrogens with one attached hydrogen (secondary N) is 1. The van der Waals surface area contributed by atoms with Crippen LogP contribution in [-0.4, -0.2) is 50.0 Å². The SMILES string of the molecule is Cc1cccc(CN(C(=O)CN(c2ccc(Br)cc2)S(C)(=O)=O)C(C)C(=O)NC2CCCC2)c1. The van der Waals surface area contributed by atoms with E-state index in [1.807, 2.05) is 31.2 Å². The van der Waals surface area contributed by atoms with Gasteiger partial charge in [0.15, 0.2) is 0 Å². The molecule has 2 aromatic rings. The molecule has 1 fully saturated rings. The minimum Gasteiger partial charge on any atom is -0.352 e. The van der Waals surface area contributed by atoms with Gasteiger partial charge in [-0.25, -0.2) is 8.42 Å². The summed E-state index contributed by atoms with van der Waals surface area (Å²) in [5.41, 5.74) is 2.31. The van der Waals surface area contributed by atoms with Crippen LogP contribution in [0.1, 0.15) is 43.7 Å². The predicted molar refractivity (Wildman–Crippen MR) is 138 cm³/mol. The Labute approximate surface area is 210 Å². The van der Waals surface area contributed by atoms with Crippen LogP contribution in [0.15, 0.2) is 53.0 Å². The Kier molecular flexibility index (Phi) is 8.76. The van der Waals surface area contributed by atoms with E-state index in [4.69, 9.17) is 0 Å². The van der Waals surface area contributed by atoms with Gasteiger partial charge in [-0.05, 0) is 56.5 Å². The van der Waals surface area contributed by atoms with Crippen molar-refractivity contribution in [3.63, 3.8) is 0 Å². The molecule has 7 nitrogen and oxygen atoms in total. The monoisotopic (exact) mass is 549 g/mol. The fraction of sp³-hybridized carbons (Fsp3) is 0.440. The van der Waals surface area contributed by atoms with E-state index in [0.29, 0.717) is 5.69 Å². The number of anilines is 1.